The number of ether oxygens (including phenoxy) is 1. The van der Waals surface area contributed by atoms with Crippen LogP contribution in [0, 0.1) is 19.3 Å². The van der Waals surface area contributed by atoms with Gasteiger partial charge in [0.2, 0.25) is 0 Å². The van der Waals surface area contributed by atoms with Crippen molar-refractivity contribution in [2.45, 2.75) is 64.6 Å². The van der Waals surface area contributed by atoms with Crippen LogP contribution >= 0.6 is 0 Å². The van der Waals surface area contributed by atoms with Crippen molar-refractivity contribution in [3.63, 3.8) is 0 Å². The zero-order valence-corrected chi connectivity index (χ0v) is 12.0. The number of benzene rings is 1. The van der Waals surface area contributed by atoms with Gasteiger partial charge in [-0.1, -0.05) is 31.4 Å². The van der Waals surface area contributed by atoms with E-state index in [1.807, 2.05) is 0 Å². The molecule has 0 aliphatic heterocycles. The van der Waals surface area contributed by atoms with E-state index >= 15 is 0 Å². The molecule has 1 aromatic carbocycles. The molecule has 1 spiro atoms. The molecule has 2 unspecified atom stereocenters. The predicted molar refractivity (Wildman–Crippen MR) is 76.5 cm³/mol. The molecule has 2 aliphatic rings. The molecule has 2 atom stereocenters. The third kappa shape index (κ3) is 2.16. The molecule has 1 aromatic rings. The van der Waals surface area contributed by atoms with Crippen molar-refractivity contribution in [3.05, 3.63) is 29.3 Å². The van der Waals surface area contributed by atoms with E-state index in [4.69, 9.17) is 4.74 Å². The van der Waals surface area contributed by atoms with Gasteiger partial charge in [-0.3, -0.25) is 0 Å². The molecule has 0 bridgehead atoms. The number of rotatable bonds is 2. The Bertz CT molecular complexity index is 460. The molecule has 2 saturated carbocycles. The molecule has 1 N–H and O–H groups in total. The van der Waals surface area contributed by atoms with Gasteiger partial charge in [0, 0.05) is 11.8 Å². The van der Waals surface area contributed by atoms with Crippen LogP contribution < -0.4 is 4.74 Å². The first-order chi connectivity index (χ1) is 9.12. The maximum atomic E-state index is 10.2. The van der Waals surface area contributed by atoms with Crippen LogP contribution in [-0.4, -0.2) is 17.3 Å². The van der Waals surface area contributed by atoms with Crippen LogP contribution in [0.25, 0.3) is 0 Å². The molecule has 19 heavy (non-hydrogen) atoms. The van der Waals surface area contributed by atoms with Crippen LogP contribution in [0.1, 0.15) is 49.7 Å². The summed E-state index contributed by atoms with van der Waals surface area (Å²) in [6.07, 6.45) is 6.91. The molecule has 2 aliphatic carbocycles. The van der Waals surface area contributed by atoms with Gasteiger partial charge in [0.05, 0.1) is 6.10 Å². The molecule has 0 heterocycles. The first-order valence-electron chi connectivity index (χ1n) is 7.54. The summed E-state index contributed by atoms with van der Waals surface area (Å²) in [7, 11) is 0. The highest BCUT2D eigenvalue weighted by Gasteiger charge is 2.56. The standard InChI is InChI=1S/C17H24O2/c1-12-6-7-13(2)14(10-12)19-16-11-15(18)17(16)8-4-3-5-9-17/h6-7,10,15-16,18H,3-5,8-9,11H2,1-2H3. The summed E-state index contributed by atoms with van der Waals surface area (Å²) < 4.78 is 6.27. The summed E-state index contributed by atoms with van der Waals surface area (Å²) in [5.74, 6) is 1.00. The van der Waals surface area contributed by atoms with Gasteiger partial charge in [-0.05, 0) is 43.9 Å². The lowest BCUT2D eigenvalue weighted by atomic mass is 9.56. The van der Waals surface area contributed by atoms with E-state index in [0.29, 0.717) is 0 Å². The number of aryl methyl sites for hydroxylation is 2. The molecule has 104 valence electrons. The van der Waals surface area contributed by atoms with Crippen molar-refractivity contribution in [1.82, 2.24) is 0 Å². The summed E-state index contributed by atoms with van der Waals surface area (Å²) in [6.45, 7) is 4.19. The molecular weight excluding hydrogens is 236 g/mol. The Kier molecular flexibility index (Phi) is 3.30. The smallest absolute Gasteiger partial charge is 0.122 e. The van der Waals surface area contributed by atoms with Gasteiger partial charge in [-0.15, -0.1) is 0 Å². The van der Waals surface area contributed by atoms with Crippen molar-refractivity contribution >= 4 is 0 Å². The summed E-state index contributed by atoms with van der Waals surface area (Å²) in [5, 5.41) is 10.2. The predicted octanol–water partition coefficient (Wildman–Crippen LogP) is 3.77. The minimum Gasteiger partial charge on any atom is -0.489 e. The third-order valence-corrected chi connectivity index (χ3v) is 5.14. The van der Waals surface area contributed by atoms with Gasteiger partial charge in [0.25, 0.3) is 0 Å². The van der Waals surface area contributed by atoms with E-state index in [0.717, 1.165) is 25.0 Å². The Hall–Kier alpha value is -1.02. The molecule has 0 saturated heterocycles. The first kappa shape index (κ1) is 13.0. The second-order valence-electron chi connectivity index (χ2n) is 6.42. The van der Waals surface area contributed by atoms with Crippen LogP contribution in [0.5, 0.6) is 5.75 Å². The number of aliphatic hydroxyl groups excluding tert-OH is 1. The van der Waals surface area contributed by atoms with Crippen LogP contribution in [0.3, 0.4) is 0 Å². The molecule has 0 amide bonds. The topological polar surface area (TPSA) is 29.5 Å². The van der Waals surface area contributed by atoms with Gasteiger partial charge >= 0.3 is 0 Å². The van der Waals surface area contributed by atoms with Crippen LogP contribution in [0.2, 0.25) is 0 Å². The Morgan fingerprint density at radius 1 is 1.16 bits per heavy atom. The van der Waals surface area contributed by atoms with Crippen molar-refractivity contribution in [3.8, 4) is 5.75 Å². The van der Waals surface area contributed by atoms with E-state index in [9.17, 15) is 5.11 Å². The quantitative estimate of drug-likeness (QED) is 0.877. The highest BCUT2D eigenvalue weighted by atomic mass is 16.5. The van der Waals surface area contributed by atoms with Crippen molar-refractivity contribution in [2.75, 3.05) is 0 Å². The Morgan fingerprint density at radius 2 is 1.89 bits per heavy atom. The molecule has 0 aromatic heterocycles. The average Bonchev–Trinajstić information content (AvgIpc) is 2.43. The maximum Gasteiger partial charge on any atom is 0.122 e. The second kappa shape index (κ2) is 4.82. The van der Waals surface area contributed by atoms with Gasteiger partial charge in [-0.2, -0.15) is 0 Å². The number of hydrogen-bond donors (Lipinski definition) is 1. The highest BCUT2D eigenvalue weighted by molar-refractivity contribution is 5.36. The van der Waals surface area contributed by atoms with Crippen LogP contribution in [0.4, 0.5) is 0 Å². The van der Waals surface area contributed by atoms with Gasteiger partial charge in [-0.25, -0.2) is 0 Å². The molecule has 3 rings (SSSR count). The normalized spacial score (nSPS) is 29.0. The minimum atomic E-state index is -0.150. The Labute approximate surface area is 115 Å². The van der Waals surface area contributed by atoms with Crippen molar-refractivity contribution in [1.29, 1.82) is 0 Å². The van der Waals surface area contributed by atoms with E-state index < -0.39 is 0 Å². The molecule has 2 nitrogen and oxygen atoms in total. The molecular formula is C17H24O2. The fourth-order valence-corrected chi connectivity index (χ4v) is 3.74. The second-order valence-corrected chi connectivity index (χ2v) is 6.42. The number of hydrogen-bond acceptors (Lipinski definition) is 2. The van der Waals surface area contributed by atoms with E-state index in [2.05, 4.69) is 32.0 Å². The largest absolute Gasteiger partial charge is 0.489 e. The fraction of sp³-hybridized carbons (Fsp3) is 0.647. The zero-order chi connectivity index (χ0) is 13.5. The Balaban J connectivity index is 1.78. The van der Waals surface area contributed by atoms with E-state index in [-0.39, 0.29) is 17.6 Å². The van der Waals surface area contributed by atoms with Crippen molar-refractivity contribution in [2.24, 2.45) is 5.41 Å². The van der Waals surface area contributed by atoms with Crippen molar-refractivity contribution < 1.29 is 9.84 Å². The Morgan fingerprint density at radius 3 is 2.58 bits per heavy atom. The van der Waals surface area contributed by atoms with Gasteiger partial charge in [0.1, 0.15) is 11.9 Å². The zero-order valence-electron chi connectivity index (χ0n) is 12.0. The summed E-state index contributed by atoms with van der Waals surface area (Å²) in [5.41, 5.74) is 2.48. The molecule has 2 heteroatoms. The monoisotopic (exact) mass is 260 g/mol. The summed E-state index contributed by atoms with van der Waals surface area (Å²) >= 11 is 0. The summed E-state index contributed by atoms with van der Waals surface area (Å²) in [4.78, 5) is 0. The molecule has 0 radical (unpaired) electrons. The lowest BCUT2D eigenvalue weighted by Crippen LogP contribution is -2.60. The fourth-order valence-electron chi connectivity index (χ4n) is 3.74. The van der Waals surface area contributed by atoms with Gasteiger partial charge in [0.15, 0.2) is 0 Å². The molecule has 2 fully saturated rings. The maximum absolute atomic E-state index is 10.2. The van der Waals surface area contributed by atoms with E-state index in [1.165, 1.54) is 30.4 Å². The van der Waals surface area contributed by atoms with E-state index in [1.54, 1.807) is 0 Å². The first-order valence-corrected chi connectivity index (χ1v) is 7.54. The summed E-state index contributed by atoms with van der Waals surface area (Å²) in [6, 6.07) is 6.36. The average molecular weight is 260 g/mol. The van der Waals surface area contributed by atoms with Gasteiger partial charge < -0.3 is 9.84 Å². The lowest BCUT2D eigenvalue weighted by Gasteiger charge is -2.55. The van der Waals surface area contributed by atoms with Crippen LogP contribution in [-0.2, 0) is 0 Å². The number of aliphatic hydroxyl groups is 1. The van der Waals surface area contributed by atoms with Crippen LogP contribution in [0.15, 0.2) is 18.2 Å². The highest BCUT2D eigenvalue weighted by Crippen LogP contribution is 2.53. The third-order valence-electron chi connectivity index (χ3n) is 5.14. The lowest BCUT2D eigenvalue weighted by molar-refractivity contribution is -0.172. The SMILES string of the molecule is Cc1ccc(C)c(OC2CC(O)C23CCCCC3)c1. The minimum absolute atomic E-state index is 0.0500.